The summed E-state index contributed by atoms with van der Waals surface area (Å²) in [5, 5.41) is 3.18. The number of alkyl halides is 2. The predicted octanol–water partition coefficient (Wildman–Crippen LogP) is 6.55. The van der Waals surface area contributed by atoms with Gasteiger partial charge in [0.25, 0.3) is 5.91 Å². The molecule has 2 N–H and O–H groups in total. The van der Waals surface area contributed by atoms with Gasteiger partial charge < -0.3 is 24.4 Å². The first-order valence-corrected chi connectivity index (χ1v) is 20.2. The zero-order chi connectivity index (χ0) is 36.8. The fraction of sp³-hybridized carbons (Fsp3) is 0.579. The van der Waals surface area contributed by atoms with Crippen LogP contribution >= 0.6 is 11.6 Å². The van der Waals surface area contributed by atoms with Crippen molar-refractivity contribution in [2.75, 3.05) is 44.6 Å². The van der Waals surface area contributed by atoms with Crippen molar-refractivity contribution in [3.63, 3.8) is 0 Å². The van der Waals surface area contributed by atoms with Gasteiger partial charge in [0.1, 0.15) is 15.7 Å². The molecular formula is C38H47ClF2N4O6S. The van der Waals surface area contributed by atoms with Crippen molar-refractivity contribution >= 4 is 39.1 Å². The minimum absolute atomic E-state index is 0.117. The Bertz CT molecular complexity index is 1850. The molecule has 2 heterocycles. The van der Waals surface area contributed by atoms with E-state index in [4.69, 9.17) is 25.8 Å². The van der Waals surface area contributed by atoms with E-state index in [-0.39, 0.29) is 35.2 Å². The lowest BCUT2D eigenvalue weighted by molar-refractivity contribution is 0.0120. The second kappa shape index (κ2) is 14.9. The number of urea groups is 1. The van der Waals surface area contributed by atoms with Crippen molar-refractivity contribution in [2.24, 2.45) is 28.0 Å². The Kier molecular flexibility index (Phi) is 10.6. The Morgan fingerprint density at radius 1 is 1.13 bits per heavy atom. The zero-order valence-electron chi connectivity index (χ0n) is 29.7. The van der Waals surface area contributed by atoms with E-state index in [2.05, 4.69) is 31.4 Å². The predicted molar refractivity (Wildman–Crippen MR) is 196 cm³/mol. The number of nitrogens with zero attached hydrogens (tertiary/aromatic N) is 2. The number of halogens is 3. The van der Waals surface area contributed by atoms with Crippen molar-refractivity contribution in [3.05, 3.63) is 70.3 Å². The average Bonchev–Trinajstić information content (AvgIpc) is 3.88. The second-order valence-electron chi connectivity index (χ2n) is 15.2. The van der Waals surface area contributed by atoms with Gasteiger partial charge in [-0.1, -0.05) is 36.7 Å². The van der Waals surface area contributed by atoms with E-state index < -0.39 is 52.3 Å². The van der Waals surface area contributed by atoms with Crippen LogP contribution in [-0.4, -0.2) is 80.5 Å². The zero-order valence-corrected chi connectivity index (χ0v) is 31.3. The highest BCUT2D eigenvalue weighted by molar-refractivity contribution is 7.92. The number of hydrogen-bond acceptors (Lipinski definition) is 7. The highest BCUT2D eigenvalue weighted by Gasteiger charge is 2.46. The van der Waals surface area contributed by atoms with Gasteiger partial charge in [0.05, 0.1) is 30.3 Å². The molecule has 2 saturated carbocycles. The van der Waals surface area contributed by atoms with Gasteiger partial charge in [-0.15, -0.1) is 4.36 Å². The molecule has 14 heteroatoms. The number of rotatable bonds is 5. The molecule has 9 atom stereocenters. The minimum atomic E-state index is -3.77. The molecule has 0 radical (unpaired) electrons. The lowest BCUT2D eigenvalue weighted by Gasteiger charge is -2.46. The lowest BCUT2D eigenvalue weighted by Crippen LogP contribution is -2.49. The number of benzene rings is 2. The van der Waals surface area contributed by atoms with E-state index in [1.807, 2.05) is 18.2 Å². The van der Waals surface area contributed by atoms with Gasteiger partial charge >= 0.3 is 6.03 Å². The van der Waals surface area contributed by atoms with Gasteiger partial charge in [0.15, 0.2) is 0 Å². The van der Waals surface area contributed by atoms with Gasteiger partial charge in [0.2, 0.25) is 6.43 Å². The molecule has 2 fully saturated rings. The van der Waals surface area contributed by atoms with Crippen molar-refractivity contribution in [1.82, 2.24) is 10.0 Å². The molecule has 2 aromatic rings. The first-order chi connectivity index (χ1) is 24.9. The average molecular weight is 761 g/mol. The Morgan fingerprint density at radius 3 is 2.63 bits per heavy atom. The number of anilines is 1. The van der Waals surface area contributed by atoms with Crippen LogP contribution in [0.5, 0.6) is 5.75 Å². The van der Waals surface area contributed by atoms with Crippen LogP contribution in [0, 0.1) is 23.7 Å². The van der Waals surface area contributed by atoms with E-state index in [0.717, 1.165) is 37.8 Å². The van der Waals surface area contributed by atoms with Crippen LogP contribution in [0.2, 0.25) is 5.02 Å². The molecule has 282 valence electrons. The summed E-state index contributed by atoms with van der Waals surface area (Å²) in [6.07, 6.45) is 5.56. The fourth-order valence-electron chi connectivity index (χ4n) is 8.64. The molecule has 2 aliphatic heterocycles. The van der Waals surface area contributed by atoms with E-state index >= 15 is 0 Å². The summed E-state index contributed by atoms with van der Waals surface area (Å²) in [5.41, 5.74) is 3.08. The number of methoxy groups -OCH3 is 2. The summed E-state index contributed by atoms with van der Waals surface area (Å²) >= 11 is 6.44. The number of aryl methyl sites for hydroxylation is 1. The smallest absolute Gasteiger partial charge is 0.327 e. The lowest BCUT2D eigenvalue weighted by atomic mass is 9.68. The normalized spacial score (nSPS) is 34.9. The van der Waals surface area contributed by atoms with Gasteiger partial charge in [-0.3, -0.25) is 9.52 Å². The molecular weight excluding hydrogens is 714 g/mol. The highest BCUT2D eigenvalue weighted by Crippen LogP contribution is 2.47. The van der Waals surface area contributed by atoms with E-state index in [1.54, 1.807) is 32.2 Å². The van der Waals surface area contributed by atoms with Crippen LogP contribution < -0.4 is 19.7 Å². The highest BCUT2D eigenvalue weighted by atomic mass is 35.5. The Labute approximate surface area is 309 Å². The third-order valence-corrected chi connectivity index (χ3v) is 13.9. The van der Waals surface area contributed by atoms with E-state index in [1.165, 1.54) is 18.2 Å². The van der Waals surface area contributed by atoms with Gasteiger partial charge in [-0.2, -0.15) is 0 Å². The minimum Gasteiger partial charge on any atom is -0.490 e. The first-order valence-electron chi connectivity index (χ1n) is 18.1. The molecule has 7 rings (SSSR count). The topological polar surface area (TPSA) is 119 Å². The third kappa shape index (κ3) is 7.56. The quantitative estimate of drug-likeness (QED) is 0.332. The van der Waals surface area contributed by atoms with Crippen molar-refractivity contribution < 1.29 is 36.8 Å². The van der Waals surface area contributed by atoms with Gasteiger partial charge in [-0.05, 0) is 97.7 Å². The molecule has 0 aromatic heterocycles. The van der Waals surface area contributed by atoms with E-state index in [9.17, 15) is 22.6 Å². The largest absolute Gasteiger partial charge is 0.490 e. The Morgan fingerprint density at radius 2 is 1.92 bits per heavy atom. The van der Waals surface area contributed by atoms with Crippen LogP contribution in [0.4, 0.5) is 19.3 Å². The Hall–Kier alpha value is -3.26. The van der Waals surface area contributed by atoms with Crippen LogP contribution in [0.25, 0.3) is 0 Å². The molecule has 3 aliphatic carbocycles. The molecule has 5 aliphatic rings. The van der Waals surface area contributed by atoms with Crippen LogP contribution in [-0.2, 0) is 31.2 Å². The van der Waals surface area contributed by atoms with Crippen molar-refractivity contribution in [1.29, 1.82) is 0 Å². The number of ether oxygens (including phenoxy) is 3. The summed E-state index contributed by atoms with van der Waals surface area (Å²) in [7, 11) is -0.526. The first kappa shape index (κ1) is 37.1. The summed E-state index contributed by atoms with van der Waals surface area (Å²) in [6.45, 7) is 3.62. The molecule has 10 nitrogen and oxygen atoms in total. The standard InChI is InChI=1S/C38H47ClF2N4O6S/c1-22-19-52(48,44-37(47)42-30-17-28(30)35(40)41)43-36(46)24-7-11-34-31(16-24)45(18-25-6-9-27(25)33(50-3)13-12-32(22)49-2)20-38(21-51-34)14-4-5-23-15-26(39)8-10-29(23)38/h7-8,10-13,15-16,22,25,27-28,30,32-33,35H,4-6,9,14,17-21H2,1-3H3,(H2,42,43,44,46,47,48)/b13-12+/t22-,25+,27-,28-,30+,32+,33+,38+,52+/m1/s1. The summed E-state index contributed by atoms with van der Waals surface area (Å²) in [4.78, 5) is 29.3. The van der Waals surface area contributed by atoms with Crippen LogP contribution in [0.3, 0.4) is 0 Å². The number of hydrogen-bond donors (Lipinski definition) is 2. The van der Waals surface area contributed by atoms with Crippen LogP contribution in [0.1, 0.15) is 60.5 Å². The maximum Gasteiger partial charge on any atom is 0.327 e. The van der Waals surface area contributed by atoms with Gasteiger partial charge in [-0.25, -0.2) is 17.8 Å². The molecule has 3 amide bonds. The maximum absolute atomic E-state index is 14.5. The number of amides is 3. The van der Waals surface area contributed by atoms with Crippen LogP contribution in [0.15, 0.2) is 52.9 Å². The third-order valence-electron chi connectivity index (χ3n) is 11.7. The number of carbonyl (C=O) groups excluding carboxylic acids is 2. The molecule has 1 spiro atoms. The number of carbonyl (C=O) groups is 2. The summed E-state index contributed by atoms with van der Waals surface area (Å²) in [6, 6.07) is 9.58. The van der Waals surface area contributed by atoms with E-state index in [0.29, 0.717) is 36.4 Å². The van der Waals surface area contributed by atoms with Crippen molar-refractivity contribution in [3.8, 4) is 5.75 Å². The molecule has 52 heavy (non-hydrogen) atoms. The monoisotopic (exact) mass is 760 g/mol. The summed E-state index contributed by atoms with van der Waals surface area (Å²) in [5.74, 6) is -1.25. The SMILES string of the molecule is CO[C@H]1/C=C/[C@H](OC)[C@H](C)C[S@@](=O)(NC(=O)N[C@H]2C[C@H]2C(F)F)=NC(=O)c2ccc3c(c2)N(C[C@@H]2CC[C@H]21)C[C@@]1(CCCc2cc(Cl)ccc21)CO3. The second-order valence-corrected chi connectivity index (χ2v) is 17.6. The maximum atomic E-state index is 14.5. The molecule has 0 unspecified atom stereocenters. The van der Waals surface area contributed by atoms with Gasteiger partial charge in [0, 0.05) is 55.3 Å². The molecule has 2 aromatic carbocycles. The molecule has 2 bridgehead atoms. The Balaban J connectivity index is 1.28. The number of fused-ring (bicyclic) bond motifs is 4. The fourth-order valence-corrected chi connectivity index (χ4v) is 10.7. The number of nitrogens with one attached hydrogen (secondary N) is 2. The summed E-state index contributed by atoms with van der Waals surface area (Å²) < 4.78 is 65.8. The molecule has 0 saturated heterocycles. The van der Waals surface area contributed by atoms with Crippen molar-refractivity contribution in [2.45, 2.75) is 75.5 Å².